The highest BCUT2D eigenvalue weighted by atomic mass is 35.5. The Hall–Kier alpha value is -2.27. The first-order valence-electron chi connectivity index (χ1n) is 6.06. The maximum atomic E-state index is 13.5. The van der Waals surface area contributed by atoms with Crippen LogP contribution in [0.5, 0.6) is 5.75 Å². The van der Waals surface area contributed by atoms with Gasteiger partial charge in [-0.25, -0.2) is 9.18 Å². The van der Waals surface area contributed by atoms with Crippen molar-refractivity contribution >= 4 is 23.3 Å². The lowest BCUT2D eigenvalue weighted by atomic mass is 10.2. The minimum Gasteiger partial charge on any atom is -0.494 e. The number of esters is 1. The number of halogens is 2. The number of benzene rings is 2. The molecular weight excluding hydrogens is 297 g/mol. The van der Waals surface area contributed by atoms with Gasteiger partial charge in [0.25, 0.3) is 0 Å². The zero-order valence-corrected chi connectivity index (χ0v) is 12.0. The summed E-state index contributed by atoms with van der Waals surface area (Å²) in [5, 5.41) is 0.209. The van der Waals surface area contributed by atoms with Crippen molar-refractivity contribution in [3.8, 4) is 5.75 Å². The molecule has 2 aromatic rings. The zero-order valence-electron chi connectivity index (χ0n) is 11.2. The van der Waals surface area contributed by atoms with Crippen molar-refractivity contribution < 1.29 is 18.7 Å². The number of nitrogen functional groups attached to an aromatic ring is 1. The zero-order chi connectivity index (χ0) is 15.4. The Labute approximate surface area is 126 Å². The summed E-state index contributed by atoms with van der Waals surface area (Å²) < 4.78 is 23.4. The summed E-state index contributed by atoms with van der Waals surface area (Å²) in [5.74, 6) is -0.987. The van der Waals surface area contributed by atoms with Crippen molar-refractivity contribution in [3.05, 3.63) is 58.4 Å². The van der Waals surface area contributed by atoms with E-state index in [9.17, 15) is 9.18 Å². The van der Waals surface area contributed by atoms with Crippen molar-refractivity contribution in [3.63, 3.8) is 0 Å². The molecule has 0 saturated carbocycles. The maximum absolute atomic E-state index is 13.5. The predicted molar refractivity (Wildman–Crippen MR) is 77.9 cm³/mol. The molecule has 0 fully saturated rings. The Balaban J connectivity index is 2.05. The molecule has 0 spiro atoms. The Morgan fingerprint density at radius 2 is 2.05 bits per heavy atom. The molecule has 0 radical (unpaired) electrons. The third kappa shape index (κ3) is 3.64. The van der Waals surface area contributed by atoms with Crippen molar-refractivity contribution in [2.45, 2.75) is 6.61 Å². The highest BCUT2D eigenvalue weighted by Crippen LogP contribution is 2.21. The van der Waals surface area contributed by atoms with E-state index in [-0.39, 0.29) is 22.9 Å². The molecule has 0 saturated heterocycles. The lowest BCUT2D eigenvalue weighted by Crippen LogP contribution is -2.06. The average Bonchev–Trinajstić information content (AvgIpc) is 2.45. The van der Waals surface area contributed by atoms with Crippen LogP contribution in [0.1, 0.15) is 15.9 Å². The Morgan fingerprint density at radius 1 is 1.29 bits per heavy atom. The van der Waals surface area contributed by atoms with Crippen LogP contribution in [0.15, 0.2) is 36.4 Å². The van der Waals surface area contributed by atoms with Crippen LogP contribution in [0.3, 0.4) is 0 Å². The van der Waals surface area contributed by atoms with Crippen LogP contribution in [-0.4, -0.2) is 13.1 Å². The standard InChI is InChI=1S/C15H13ClFNO3/c1-20-14-5-2-9(6-13(14)17)8-21-15(19)11-4-3-10(18)7-12(11)16/h2-7H,8,18H2,1H3. The molecule has 0 aliphatic rings. The van der Waals surface area contributed by atoms with Gasteiger partial charge in [-0.05, 0) is 35.9 Å². The molecule has 2 rings (SSSR count). The van der Waals surface area contributed by atoms with E-state index in [0.29, 0.717) is 11.3 Å². The van der Waals surface area contributed by atoms with Crippen molar-refractivity contribution in [1.29, 1.82) is 0 Å². The summed E-state index contributed by atoms with van der Waals surface area (Å²) in [6, 6.07) is 8.82. The van der Waals surface area contributed by atoms with Gasteiger partial charge in [-0.2, -0.15) is 0 Å². The van der Waals surface area contributed by atoms with Crippen molar-refractivity contribution in [1.82, 2.24) is 0 Å². The van der Waals surface area contributed by atoms with E-state index in [0.717, 1.165) is 0 Å². The fraction of sp³-hybridized carbons (Fsp3) is 0.133. The average molecular weight is 310 g/mol. The molecule has 0 atom stereocenters. The van der Waals surface area contributed by atoms with Gasteiger partial charge < -0.3 is 15.2 Å². The number of ether oxygens (including phenoxy) is 2. The van der Waals surface area contributed by atoms with E-state index >= 15 is 0 Å². The quantitative estimate of drug-likeness (QED) is 0.694. The molecule has 0 aliphatic carbocycles. The summed E-state index contributed by atoms with van der Waals surface area (Å²) in [4.78, 5) is 11.9. The number of methoxy groups -OCH3 is 1. The molecule has 6 heteroatoms. The number of carbonyl (C=O) groups is 1. The van der Waals surface area contributed by atoms with Gasteiger partial charge in [-0.3, -0.25) is 0 Å². The lowest BCUT2D eigenvalue weighted by Gasteiger charge is -2.08. The van der Waals surface area contributed by atoms with E-state index in [1.54, 1.807) is 12.1 Å². The molecule has 0 aromatic heterocycles. The summed E-state index contributed by atoms with van der Waals surface area (Å²) >= 11 is 5.91. The first-order chi connectivity index (χ1) is 10.0. The largest absolute Gasteiger partial charge is 0.494 e. The number of nitrogens with two attached hydrogens (primary N) is 1. The fourth-order valence-corrected chi connectivity index (χ4v) is 1.99. The van der Waals surface area contributed by atoms with Crippen LogP contribution in [0, 0.1) is 5.82 Å². The number of hydrogen-bond donors (Lipinski definition) is 1. The number of rotatable bonds is 4. The maximum Gasteiger partial charge on any atom is 0.339 e. The molecule has 4 nitrogen and oxygen atoms in total. The number of hydrogen-bond acceptors (Lipinski definition) is 4. The van der Waals surface area contributed by atoms with Crippen LogP contribution >= 0.6 is 11.6 Å². The van der Waals surface area contributed by atoms with Gasteiger partial charge in [0.2, 0.25) is 0 Å². The Morgan fingerprint density at radius 3 is 2.67 bits per heavy atom. The minimum absolute atomic E-state index is 0.0690. The second-order valence-corrected chi connectivity index (χ2v) is 4.69. The third-order valence-corrected chi connectivity index (χ3v) is 3.11. The number of carbonyl (C=O) groups excluding carboxylic acids is 1. The van der Waals surface area contributed by atoms with Crippen LogP contribution in [0.25, 0.3) is 0 Å². The molecule has 0 unspecified atom stereocenters. The fourth-order valence-electron chi connectivity index (χ4n) is 1.72. The van der Waals surface area contributed by atoms with E-state index in [2.05, 4.69) is 0 Å². The van der Waals surface area contributed by atoms with Gasteiger partial charge >= 0.3 is 5.97 Å². The van der Waals surface area contributed by atoms with Crippen LogP contribution in [0.4, 0.5) is 10.1 Å². The molecular formula is C15H13ClFNO3. The summed E-state index contributed by atoms with van der Waals surface area (Å²) in [7, 11) is 1.38. The first-order valence-corrected chi connectivity index (χ1v) is 6.43. The van der Waals surface area contributed by atoms with E-state index < -0.39 is 11.8 Å². The summed E-state index contributed by atoms with van der Waals surface area (Å²) in [5.41, 5.74) is 6.71. The van der Waals surface area contributed by atoms with Gasteiger partial charge in [0.05, 0.1) is 17.7 Å². The molecule has 2 aromatic carbocycles. The summed E-state index contributed by atoms with van der Waals surface area (Å²) in [6.45, 7) is -0.0690. The highest BCUT2D eigenvalue weighted by Gasteiger charge is 2.12. The normalized spacial score (nSPS) is 10.2. The predicted octanol–water partition coefficient (Wildman–Crippen LogP) is 3.43. The third-order valence-electron chi connectivity index (χ3n) is 2.80. The monoisotopic (exact) mass is 309 g/mol. The minimum atomic E-state index is -0.601. The van der Waals surface area contributed by atoms with Crippen LogP contribution in [0.2, 0.25) is 5.02 Å². The van der Waals surface area contributed by atoms with Gasteiger partial charge in [-0.1, -0.05) is 17.7 Å². The van der Waals surface area contributed by atoms with Crippen LogP contribution < -0.4 is 10.5 Å². The first kappa shape index (κ1) is 15.1. The molecule has 0 amide bonds. The second-order valence-electron chi connectivity index (χ2n) is 4.28. The van der Waals surface area contributed by atoms with Gasteiger partial charge in [-0.15, -0.1) is 0 Å². The van der Waals surface area contributed by atoms with E-state index in [4.69, 9.17) is 26.8 Å². The van der Waals surface area contributed by atoms with E-state index in [1.165, 1.54) is 31.4 Å². The van der Waals surface area contributed by atoms with Gasteiger partial charge in [0.15, 0.2) is 11.6 Å². The molecule has 0 aliphatic heterocycles. The van der Waals surface area contributed by atoms with Crippen molar-refractivity contribution in [2.24, 2.45) is 0 Å². The molecule has 2 N–H and O–H groups in total. The molecule has 21 heavy (non-hydrogen) atoms. The molecule has 0 heterocycles. The van der Waals surface area contributed by atoms with Crippen molar-refractivity contribution in [2.75, 3.05) is 12.8 Å². The van der Waals surface area contributed by atoms with E-state index in [1.807, 2.05) is 0 Å². The van der Waals surface area contributed by atoms with Gasteiger partial charge in [0.1, 0.15) is 6.61 Å². The molecule has 0 bridgehead atoms. The topological polar surface area (TPSA) is 61.5 Å². The SMILES string of the molecule is COc1ccc(COC(=O)c2ccc(N)cc2Cl)cc1F. The Kier molecular flexibility index (Phi) is 4.65. The van der Waals surface area contributed by atoms with Gasteiger partial charge in [0, 0.05) is 5.69 Å². The van der Waals surface area contributed by atoms with Crippen LogP contribution in [-0.2, 0) is 11.3 Å². The number of anilines is 1. The lowest BCUT2D eigenvalue weighted by molar-refractivity contribution is 0.0472. The second kappa shape index (κ2) is 6.45. The molecule has 110 valence electrons. The smallest absolute Gasteiger partial charge is 0.339 e. The Bertz CT molecular complexity index is 676. The summed E-state index contributed by atoms with van der Waals surface area (Å²) in [6.07, 6.45) is 0. The highest BCUT2D eigenvalue weighted by molar-refractivity contribution is 6.33.